The highest BCUT2D eigenvalue weighted by molar-refractivity contribution is 5.93. The van der Waals surface area contributed by atoms with Gasteiger partial charge in [-0.25, -0.2) is 0 Å². The SMILES string of the molecule is C=C(N)C(=O)CC. The Bertz CT molecular complexity index is 96.3. The van der Waals surface area contributed by atoms with Gasteiger partial charge in [0, 0.05) is 6.42 Å². The molecule has 0 heterocycles. The van der Waals surface area contributed by atoms with Crippen molar-refractivity contribution in [3.63, 3.8) is 0 Å². The molecule has 0 unspecified atom stereocenters. The summed E-state index contributed by atoms with van der Waals surface area (Å²) in [6.07, 6.45) is 0.454. The molecule has 2 heteroatoms. The van der Waals surface area contributed by atoms with Crippen LogP contribution in [0.15, 0.2) is 12.3 Å². The lowest BCUT2D eigenvalue weighted by Gasteiger charge is -1.88. The van der Waals surface area contributed by atoms with Gasteiger partial charge in [0.2, 0.25) is 0 Å². The van der Waals surface area contributed by atoms with Gasteiger partial charge in [-0.15, -0.1) is 0 Å². The number of carbonyl (C=O) groups is 1. The van der Waals surface area contributed by atoms with Gasteiger partial charge in [0.05, 0.1) is 5.70 Å². The fraction of sp³-hybridized carbons (Fsp3) is 0.400. The third-order valence-electron chi connectivity index (χ3n) is 0.679. The second-order valence-corrected chi connectivity index (χ2v) is 1.30. The Labute approximate surface area is 43.0 Å². The standard InChI is InChI=1S/C5H9NO/c1-3-5(7)4(2)6/h2-3,6H2,1H3. The molecule has 0 spiro atoms. The van der Waals surface area contributed by atoms with Crippen LogP contribution in [-0.4, -0.2) is 5.78 Å². The maximum absolute atomic E-state index is 10.3. The summed E-state index contributed by atoms with van der Waals surface area (Å²) in [5.74, 6) is -0.0694. The number of nitrogens with two attached hydrogens (primary N) is 1. The van der Waals surface area contributed by atoms with Crippen molar-refractivity contribution in [2.45, 2.75) is 13.3 Å². The summed E-state index contributed by atoms with van der Waals surface area (Å²) in [5.41, 5.74) is 5.16. The predicted octanol–water partition coefficient (Wildman–Crippen LogP) is 0.438. The van der Waals surface area contributed by atoms with Crippen molar-refractivity contribution in [3.05, 3.63) is 12.3 Å². The highest BCUT2D eigenvalue weighted by Crippen LogP contribution is 1.84. The molecule has 2 N–H and O–H groups in total. The number of allylic oxidation sites excluding steroid dienone is 1. The number of rotatable bonds is 2. The zero-order chi connectivity index (χ0) is 5.86. The van der Waals surface area contributed by atoms with Gasteiger partial charge in [-0.1, -0.05) is 13.5 Å². The lowest BCUT2D eigenvalue weighted by molar-refractivity contribution is -0.115. The first-order chi connectivity index (χ1) is 3.18. The zero-order valence-electron chi connectivity index (χ0n) is 4.40. The maximum atomic E-state index is 10.3. The smallest absolute Gasteiger partial charge is 0.177 e. The van der Waals surface area contributed by atoms with E-state index in [4.69, 9.17) is 5.73 Å². The summed E-state index contributed by atoms with van der Waals surface area (Å²) >= 11 is 0. The summed E-state index contributed by atoms with van der Waals surface area (Å²) in [4.78, 5) is 10.3. The van der Waals surface area contributed by atoms with Crippen molar-refractivity contribution in [1.82, 2.24) is 0 Å². The van der Waals surface area contributed by atoms with Crippen molar-refractivity contribution in [1.29, 1.82) is 0 Å². The van der Waals surface area contributed by atoms with Crippen LogP contribution in [-0.2, 0) is 4.79 Å². The Morgan fingerprint density at radius 1 is 1.86 bits per heavy atom. The number of Topliss-reactive ketones (excluding diaryl/α,β-unsaturated/α-hetero) is 1. The van der Waals surface area contributed by atoms with Gasteiger partial charge in [-0.05, 0) is 0 Å². The van der Waals surface area contributed by atoms with E-state index in [0.29, 0.717) is 6.42 Å². The molecule has 0 atom stereocenters. The molecule has 0 aliphatic carbocycles. The molecule has 2 nitrogen and oxygen atoms in total. The Balaban J connectivity index is 3.58. The highest BCUT2D eigenvalue weighted by atomic mass is 16.1. The molecule has 0 aromatic rings. The average molecular weight is 99.1 g/mol. The normalized spacial score (nSPS) is 8.14. The summed E-state index contributed by atoms with van der Waals surface area (Å²) in [7, 11) is 0. The van der Waals surface area contributed by atoms with Crippen molar-refractivity contribution < 1.29 is 4.79 Å². The predicted molar refractivity (Wildman–Crippen MR) is 28.6 cm³/mol. The van der Waals surface area contributed by atoms with Gasteiger partial charge in [0.15, 0.2) is 5.78 Å². The average Bonchev–Trinajstić information content (AvgIpc) is 1.65. The molecule has 0 saturated carbocycles. The Hall–Kier alpha value is -0.790. The van der Waals surface area contributed by atoms with E-state index in [2.05, 4.69) is 6.58 Å². The van der Waals surface area contributed by atoms with Crippen LogP contribution in [0.25, 0.3) is 0 Å². The molecule has 0 rings (SSSR count). The lowest BCUT2D eigenvalue weighted by Crippen LogP contribution is -2.07. The zero-order valence-corrected chi connectivity index (χ0v) is 4.40. The van der Waals surface area contributed by atoms with E-state index in [0.717, 1.165) is 0 Å². The molecular weight excluding hydrogens is 90.1 g/mol. The molecule has 0 saturated heterocycles. The number of hydrogen-bond donors (Lipinski definition) is 1. The lowest BCUT2D eigenvalue weighted by atomic mass is 10.3. The van der Waals surface area contributed by atoms with E-state index in [1.807, 2.05) is 0 Å². The molecule has 0 amide bonds. The van der Waals surface area contributed by atoms with Crippen molar-refractivity contribution >= 4 is 5.78 Å². The topological polar surface area (TPSA) is 43.1 Å². The maximum Gasteiger partial charge on any atom is 0.177 e. The summed E-state index contributed by atoms with van der Waals surface area (Å²) < 4.78 is 0. The highest BCUT2D eigenvalue weighted by Gasteiger charge is 1.94. The van der Waals surface area contributed by atoms with Gasteiger partial charge in [-0.2, -0.15) is 0 Å². The quantitative estimate of drug-likeness (QED) is 0.510. The summed E-state index contributed by atoms with van der Waals surface area (Å²) in [6, 6.07) is 0. The van der Waals surface area contributed by atoms with Gasteiger partial charge >= 0.3 is 0 Å². The van der Waals surface area contributed by atoms with E-state index in [1.165, 1.54) is 0 Å². The molecular formula is C5H9NO. The van der Waals surface area contributed by atoms with Crippen LogP contribution in [0.5, 0.6) is 0 Å². The monoisotopic (exact) mass is 99.1 g/mol. The molecule has 0 aliphatic rings. The van der Waals surface area contributed by atoms with Gasteiger partial charge in [0.25, 0.3) is 0 Å². The fourth-order valence-electron chi connectivity index (χ4n) is 0.227. The number of carbonyl (C=O) groups excluding carboxylic acids is 1. The first-order valence-electron chi connectivity index (χ1n) is 2.16. The Morgan fingerprint density at radius 2 is 2.29 bits per heavy atom. The molecule has 0 aromatic carbocycles. The number of ketones is 1. The molecule has 7 heavy (non-hydrogen) atoms. The van der Waals surface area contributed by atoms with Gasteiger partial charge in [-0.3, -0.25) is 4.79 Å². The van der Waals surface area contributed by atoms with Crippen molar-refractivity contribution in [2.24, 2.45) is 5.73 Å². The Kier molecular flexibility index (Phi) is 2.12. The first kappa shape index (κ1) is 6.21. The molecule has 0 radical (unpaired) electrons. The summed E-state index contributed by atoms with van der Waals surface area (Å²) in [6.45, 7) is 5.00. The van der Waals surface area contributed by atoms with Crippen LogP contribution >= 0.6 is 0 Å². The minimum absolute atomic E-state index is 0.0694. The molecule has 0 fully saturated rings. The molecule has 40 valence electrons. The second kappa shape index (κ2) is 2.39. The van der Waals surface area contributed by atoms with E-state index in [9.17, 15) is 4.79 Å². The van der Waals surface area contributed by atoms with E-state index in [1.54, 1.807) is 6.92 Å². The third kappa shape index (κ3) is 1.98. The van der Waals surface area contributed by atoms with Gasteiger partial charge < -0.3 is 5.73 Å². The minimum atomic E-state index is -0.0694. The second-order valence-electron chi connectivity index (χ2n) is 1.30. The van der Waals surface area contributed by atoms with Crippen LogP contribution in [0.1, 0.15) is 13.3 Å². The Morgan fingerprint density at radius 3 is 2.29 bits per heavy atom. The first-order valence-corrected chi connectivity index (χ1v) is 2.16. The van der Waals surface area contributed by atoms with Crippen molar-refractivity contribution in [2.75, 3.05) is 0 Å². The van der Waals surface area contributed by atoms with Crippen molar-refractivity contribution in [3.8, 4) is 0 Å². The molecule has 0 bridgehead atoms. The van der Waals surface area contributed by atoms with E-state index < -0.39 is 0 Å². The van der Waals surface area contributed by atoms with Crippen LogP contribution in [0.4, 0.5) is 0 Å². The van der Waals surface area contributed by atoms with Crippen LogP contribution < -0.4 is 5.73 Å². The van der Waals surface area contributed by atoms with Gasteiger partial charge in [0.1, 0.15) is 0 Å². The summed E-state index contributed by atoms with van der Waals surface area (Å²) in [5, 5.41) is 0. The molecule has 0 aliphatic heterocycles. The van der Waals surface area contributed by atoms with Crippen LogP contribution in [0.2, 0.25) is 0 Å². The van der Waals surface area contributed by atoms with E-state index in [-0.39, 0.29) is 11.5 Å². The van der Waals surface area contributed by atoms with Crippen LogP contribution in [0.3, 0.4) is 0 Å². The largest absolute Gasteiger partial charge is 0.396 e. The third-order valence-corrected chi connectivity index (χ3v) is 0.679. The fourth-order valence-corrected chi connectivity index (χ4v) is 0.227. The minimum Gasteiger partial charge on any atom is -0.396 e. The van der Waals surface area contributed by atoms with Crippen LogP contribution in [0, 0.1) is 0 Å². The molecule has 0 aromatic heterocycles. The number of hydrogen-bond acceptors (Lipinski definition) is 2. The van der Waals surface area contributed by atoms with E-state index >= 15 is 0 Å².